The van der Waals surface area contributed by atoms with Gasteiger partial charge in [0.05, 0.1) is 0 Å². The molecule has 0 aromatic heterocycles. The Kier molecular flexibility index (Phi) is 2.89. The van der Waals surface area contributed by atoms with Gasteiger partial charge in [0, 0.05) is 18.1 Å². The lowest BCUT2D eigenvalue weighted by Gasteiger charge is -2.38. The summed E-state index contributed by atoms with van der Waals surface area (Å²) >= 11 is 0. The van der Waals surface area contributed by atoms with Crippen LogP contribution in [0.4, 0.5) is 0 Å². The molecular formula is C11H22N2. The van der Waals surface area contributed by atoms with Crippen LogP contribution in [0.5, 0.6) is 0 Å². The molecule has 1 aliphatic carbocycles. The normalized spacial score (nSPS) is 42.5. The second-order valence-electron chi connectivity index (χ2n) is 4.74. The summed E-state index contributed by atoms with van der Waals surface area (Å²) in [4.78, 5) is 2.66. The molecule has 2 fully saturated rings. The summed E-state index contributed by atoms with van der Waals surface area (Å²) in [5.41, 5.74) is 6.18. The molecule has 2 rings (SSSR count). The summed E-state index contributed by atoms with van der Waals surface area (Å²) in [6, 6.07) is 1.94. The minimum atomic E-state index is 0.453. The molecule has 0 bridgehead atoms. The van der Waals surface area contributed by atoms with E-state index in [1.165, 1.54) is 45.1 Å². The summed E-state index contributed by atoms with van der Waals surface area (Å²) < 4.78 is 0. The summed E-state index contributed by atoms with van der Waals surface area (Å²) in [7, 11) is 0. The molecule has 0 spiro atoms. The van der Waals surface area contributed by atoms with Gasteiger partial charge >= 0.3 is 0 Å². The van der Waals surface area contributed by atoms with Crippen LogP contribution in [-0.2, 0) is 0 Å². The first-order chi connectivity index (χ1) is 6.29. The molecule has 76 valence electrons. The number of hydrogen-bond acceptors (Lipinski definition) is 2. The summed E-state index contributed by atoms with van der Waals surface area (Å²) in [6.07, 6.45) is 8.08. The van der Waals surface area contributed by atoms with E-state index >= 15 is 0 Å². The van der Waals surface area contributed by atoms with Crippen molar-refractivity contribution in [3.8, 4) is 0 Å². The fourth-order valence-electron chi connectivity index (χ4n) is 3.00. The Morgan fingerprint density at radius 3 is 2.46 bits per heavy atom. The molecule has 0 radical (unpaired) electrons. The number of nitrogens with zero attached hydrogens (tertiary/aromatic N) is 1. The number of nitrogens with two attached hydrogens (primary N) is 1. The van der Waals surface area contributed by atoms with Gasteiger partial charge in [-0.2, -0.15) is 0 Å². The van der Waals surface area contributed by atoms with Crippen molar-refractivity contribution in [2.24, 2.45) is 5.73 Å². The van der Waals surface area contributed by atoms with Crippen molar-refractivity contribution >= 4 is 0 Å². The van der Waals surface area contributed by atoms with Crippen LogP contribution in [-0.4, -0.2) is 29.6 Å². The van der Waals surface area contributed by atoms with E-state index in [2.05, 4.69) is 11.8 Å². The molecule has 3 atom stereocenters. The van der Waals surface area contributed by atoms with Gasteiger partial charge in [0.25, 0.3) is 0 Å². The van der Waals surface area contributed by atoms with Crippen molar-refractivity contribution in [1.82, 2.24) is 4.90 Å². The molecular weight excluding hydrogens is 160 g/mol. The molecule has 1 saturated heterocycles. The average Bonchev–Trinajstić information content (AvgIpc) is 2.52. The molecule has 0 unspecified atom stereocenters. The van der Waals surface area contributed by atoms with Crippen LogP contribution in [0.15, 0.2) is 0 Å². The molecule has 1 heterocycles. The van der Waals surface area contributed by atoms with E-state index in [1.807, 2.05) is 0 Å². The maximum Gasteiger partial charge on any atom is 0.0250 e. The molecule has 13 heavy (non-hydrogen) atoms. The summed E-state index contributed by atoms with van der Waals surface area (Å²) in [5, 5.41) is 0. The van der Waals surface area contributed by atoms with E-state index in [0.29, 0.717) is 12.1 Å². The number of hydrogen-bond donors (Lipinski definition) is 1. The molecule has 1 saturated carbocycles. The van der Waals surface area contributed by atoms with Crippen LogP contribution in [0.25, 0.3) is 0 Å². The van der Waals surface area contributed by atoms with E-state index in [1.54, 1.807) is 0 Å². The second-order valence-corrected chi connectivity index (χ2v) is 4.74. The van der Waals surface area contributed by atoms with Crippen LogP contribution < -0.4 is 5.73 Å². The van der Waals surface area contributed by atoms with Crippen LogP contribution in [0.3, 0.4) is 0 Å². The second kappa shape index (κ2) is 3.97. The molecule has 0 amide bonds. The summed E-state index contributed by atoms with van der Waals surface area (Å²) in [6.45, 7) is 3.65. The molecule has 2 N–H and O–H groups in total. The minimum absolute atomic E-state index is 0.453. The van der Waals surface area contributed by atoms with Gasteiger partial charge in [0.2, 0.25) is 0 Å². The Balaban J connectivity index is 1.97. The first-order valence-corrected chi connectivity index (χ1v) is 5.80. The predicted octanol–water partition coefficient (Wildman–Crippen LogP) is 1.74. The third-order valence-electron chi connectivity index (χ3n) is 3.81. The SMILES string of the molecule is C[C@@H]1CCCN1[C@@H]1CCCC[C@@H]1N. The smallest absolute Gasteiger partial charge is 0.0250 e. The maximum atomic E-state index is 6.18. The topological polar surface area (TPSA) is 29.3 Å². The van der Waals surface area contributed by atoms with Crippen LogP contribution in [0, 0.1) is 0 Å². The Labute approximate surface area is 81.5 Å². The standard InChI is InChI=1S/C11H22N2/c1-9-5-4-8-13(9)11-7-3-2-6-10(11)12/h9-11H,2-8,12H2,1H3/t9-,10+,11-/m1/s1. The Morgan fingerprint density at radius 2 is 1.85 bits per heavy atom. The van der Waals surface area contributed by atoms with Crippen LogP contribution in [0.2, 0.25) is 0 Å². The van der Waals surface area contributed by atoms with Crippen molar-refractivity contribution in [3.63, 3.8) is 0 Å². The lowest BCUT2D eigenvalue weighted by molar-refractivity contribution is 0.132. The van der Waals surface area contributed by atoms with Gasteiger partial charge in [-0.1, -0.05) is 12.8 Å². The molecule has 0 aromatic carbocycles. The van der Waals surface area contributed by atoms with Crippen LogP contribution in [0.1, 0.15) is 45.4 Å². The van der Waals surface area contributed by atoms with Crippen molar-refractivity contribution in [3.05, 3.63) is 0 Å². The monoisotopic (exact) mass is 182 g/mol. The Morgan fingerprint density at radius 1 is 1.08 bits per heavy atom. The Bertz CT molecular complexity index is 169. The highest BCUT2D eigenvalue weighted by atomic mass is 15.2. The highest BCUT2D eigenvalue weighted by Gasteiger charge is 2.32. The predicted molar refractivity (Wildman–Crippen MR) is 55.6 cm³/mol. The lowest BCUT2D eigenvalue weighted by atomic mass is 9.89. The van der Waals surface area contributed by atoms with E-state index in [9.17, 15) is 0 Å². The quantitative estimate of drug-likeness (QED) is 0.669. The van der Waals surface area contributed by atoms with Gasteiger partial charge in [-0.15, -0.1) is 0 Å². The van der Waals surface area contributed by atoms with Crippen molar-refractivity contribution in [1.29, 1.82) is 0 Å². The van der Waals surface area contributed by atoms with Crippen LogP contribution >= 0.6 is 0 Å². The third-order valence-corrected chi connectivity index (χ3v) is 3.81. The first kappa shape index (κ1) is 9.47. The van der Waals surface area contributed by atoms with Gasteiger partial charge in [-0.3, -0.25) is 4.90 Å². The minimum Gasteiger partial charge on any atom is -0.326 e. The zero-order valence-corrected chi connectivity index (χ0v) is 8.71. The fraction of sp³-hybridized carbons (Fsp3) is 1.00. The highest BCUT2D eigenvalue weighted by Crippen LogP contribution is 2.28. The van der Waals surface area contributed by atoms with E-state index in [0.717, 1.165) is 6.04 Å². The zero-order valence-electron chi connectivity index (χ0n) is 8.71. The largest absolute Gasteiger partial charge is 0.326 e. The van der Waals surface area contributed by atoms with E-state index < -0.39 is 0 Å². The molecule has 1 aliphatic heterocycles. The summed E-state index contributed by atoms with van der Waals surface area (Å²) in [5.74, 6) is 0. The number of rotatable bonds is 1. The van der Waals surface area contributed by atoms with Gasteiger partial charge in [0.1, 0.15) is 0 Å². The fourth-order valence-corrected chi connectivity index (χ4v) is 3.00. The average molecular weight is 182 g/mol. The van der Waals surface area contributed by atoms with Gasteiger partial charge in [0.15, 0.2) is 0 Å². The Hall–Kier alpha value is -0.0800. The first-order valence-electron chi connectivity index (χ1n) is 5.80. The number of likely N-dealkylation sites (tertiary alicyclic amines) is 1. The molecule has 2 aliphatic rings. The van der Waals surface area contributed by atoms with Crippen molar-refractivity contribution < 1.29 is 0 Å². The van der Waals surface area contributed by atoms with Gasteiger partial charge in [-0.05, 0) is 39.2 Å². The van der Waals surface area contributed by atoms with Gasteiger partial charge < -0.3 is 5.73 Å². The van der Waals surface area contributed by atoms with Crippen molar-refractivity contribution in [2.75, 3.05) is 6.54 Å². The molecule has 2 heteroatoms. The van der Waals surface area contributed by atoms with E-state index in [4.69, 9.17) is 5.73 Å². The van der Waals surface area contributed by atoms with Gasteiger partial charge in [-0.25, -0.2) is 0 Å². The highest BCUT2D eigenvalue weighted by molar-refractivity contribution is 4.90. The third kappa shape index (κ3) is 1.89. The maximum absolute atomic E-state index is 6.18. The van der Waals surface area contributed by atoms with E-state index in [-0.39, 0.29) is 0 Å². The van der Waals surface area contributed by atoms with Crippen molar-refractivity contribution in [2.45, 2.75) is 63.6 Å². The lowest BCUT2D eigenvalue weighted by Crippen LogP contribution is -2.50. The molecule has 2 nitrogen and oxygen atoms in total. The molecule has 0 aromatic rings. The zero-order chi connectivity index (χ0) is 9.26.